The molecule has 0 radical (unpaired) electrons. The maximum absolute atomic E-state index is 12.3. The summed E-state index contributed by atoms with van der Waals surface area (Å²) in [4.78, 5) is 16.7. The summed E-state index contributed by atoms with van der Waals surface area (Å²) in [5.74, 6) is 0.163. The number of amides is 1. The van der Waals surface area contributed by atoms with Gasteiger partial charge in [-0.15, -0.1) is 11.3 Å². The Morgan fingerprint density at radius 1 is 1.16 bits per heavy atom. The first-order valence-electron chi connectivity index (χ1n) is 8.25. The van der Waals surface area contributed by atoms with Gasteiger partial charge in [0.15, 0.2) is 5.13 Å². The van der Waals surface area contributed by atoms with Crippen molar-refractivity contribution in [2.24, 2.45) is 5.92 Å². The number of carbonyl (C=O) groups excluding carboxylic acids is 1. The number of sulfonamides is 1. The molecule has 25 heavy (non-hydrogen) atoms. The van der Waals surface area contributed by atoms with Crippen LogP contribution in [0.4, 0.5) is 10.8 Å². The summed E-state index contributed by atoms with van der Waals surface area (Å²) in [5, 5.41) is 5.41. The summed E-state index contributed by atoms with van der Waals surface area (Å²) in [6, 6.07) is 6.98. The zero-order chi connectivity index (χ0) is 17.9. The molecule has 6 nitrogen and oxygen atoms in total. The third-order valence-electron chi connectivity index (χ3n) is 4.19. The van der Waals surface area contributed by atoms with Crippen LogP contribution in [0.25, 0.3) is 11.3 Å². The number of thiazole rings is 1. The van der Waals surface area contributed by atoms with Crippen LogP contribution in [0.1, 0.15) is 32.1 Å². The Kier molecular flexibility index (Phi) is 5.39. The molecule has 0 bridgehead atoms. The summed E-state index contributed by atoms with van der Waals surface area (Å²) in [5.41, 5.74) is 2.13. The summed E-state index contributed by atoms with van der Waals surface area (Å²) >= 11 is 1.40. The first-order chi connectivity index (χ1) is 11.9. The number of rotatable bonds is 5. The van der Waals surface area contributed by atoms with E-state index in [1.807, 2.05) is 5.38 Å². The number of hydrogen-bond donors (Lipinski definition) is 2. The van der Waals surface area contributed by atoms with Gasteiger partial charge in [-0.05, 0) is 25.0 Å². The fraction of sp³-hybridized carbons (Fsp3) is 0.412. The number of hydrogen-bond acceptors (Lipinski definition) is 5. The van der Waals surface area contributed by atoms with Crippen LogP contribution in [0.3, 0.4) is 0 Å². The topological polar surface area (TPSA) is 88.2 Å². The standard InChI is InChI=1S/C17H21N3O3S2/c1-25(22,23)20-14-9-7-12(8-10-14)15-11-24-17(18-15)19-16(21)13-5-3-2-4-6-13/h7-11,13,20H,2-6H2,1H3,(H,18,19,21). The van der Waals surface area contributed by atoms with Gasteiger partial charge in [-0.25, -0.2) is 13.4 Å². The van der Waals surface area contributed by atoms with Crippen molar-refractivity contribution in [2.45, 2.75) is 32.1 Å². The van der Waals surface area contributed by atoms with Crippen LogP contribution < -0.4 is 10.0 Å². The third kappa shape index (κ3) is 5.02. The fourth-order valence-corrected chi connectivity index (χ4v) is 4.25. The Morgan fingerprint density at radius 3 is 2.48 bits per heavy atom. The van der Waals surface area contributed by atoms with Crippen LogP contribution in [0.5, 0.6) is 0 Å². The van der Waals surface area contributed by atoms with Gasteiger partial charge in [0.05, 0.1) is 11.9 Å². The van der Waals surface area contributed by atoms with Crippen molar-refractivity contribution in [1.82, 2.24) is 4.98 Å². The highest BCUT2D eigenvalue weighted by Gasteiger charge is 2.21. The molecule has 1 saturated carbocycles. The predicted molar refractivity (Wildman–Crippen MR) is 101 cm³/mol. The Bertz CT molecular complexity index is 838. The van der Waals surface area contributed by atoms with E-state index in [2.05, 4.69) is 15.0 Å². The largest absolute Gasteiger partial charge is 0.302 e. The molecule has 0 spiro atoms. The van der Waals surface area contributed by atoms with Crippen molar-refractivity contribution < 1.29 is 13.2 Å². The minimum Gasteiger partial charge on any atom is -0.302 e. The molecule has 0 atom stereocenters. The molecule has 0 unspecified atom stereocenters. The SMILES string of the molecule is CS(=O)(=O)Nc1ccc(-c2csc(NC(=O)C3CCCCC3)n2)cc1. The van der Waals surface area contributed by atoms with Gasteiger partial charge in [-0.1, -0.05) is 31.4 Å². The Hall–Kier alpha value is -1.93. The van der Waals surface area contributed by atoms with E-state index < -0.39 is 10.0 Å². The van der Waals surface area contributed by atoms with Crippen molar-refractivity contribution in [2.75, 3.05) is 16.3 Å². The molecule has 0 aliphatic heterocycles. The van der Waals surface area contributed by atoms with Gasteiger partial charge in [-0.3, -0.25) is 9.52 Å². The van der Waals surface area contributed by atoms with E-state index >= 15 is 0 Å². The van der Waals surface area contributed by atoms with Crippen molar-refractivity contribution in [3.8, 4) is 11.3 Å². The predicted octanol–water partition coefficient (Wildman–Crippen LogP) is 3.70. The number of anilines is 2. The highest BCUT2D eigenvalue weighted by molar-refractivity contribution is 7.92. The molecule has 3 rings (SSSR count). The second-order valence-corrected chi connectivity index (χ2v) is 8.92. The van der Waals surface area contributed by atoms with Crippen molar-refractivity contribution in [1.29, 1.82) is 0 Å². The molecule has 1 aliphatic carbocycles. The van der Waals surface area contributed by atoms with Crippen LogP contribution in [-0.2, 0) is 14.8 Å². The van der Waals surface area contributed by atoms with Gasteiger partial charge in [-0.2, -0.15) is 0 Å². The zero-order valence-corrected chi connectivity index (χ0v) is 15.6. The monoisotopic (exact) mass is 379 g/mol. The summed E-state index contributed by atoms with van der Waals surface area (Å²) < 4.78 is 24.9. The second-order valence-electron chi connectivity index (χ2n) is 6.31. The van der Waals surface area contributed by atoms with E-state index in [1.165, 1.54) is 17.8 Å². The molecular weight excluding hydrogens is 358 g/mol. The van der Waals surface area contributed by atoms with E-state index in [-0.39, 0.29) is 11.8 Å². The van der Waals surface area contributed by atoms with Crippen molar-refractivity contribution >= 4 is 38.1 Å². The average Bonchev–Trinajstić information content (AvgIpc) is 3.03. The third-order valence-corrected chi connectivity index (χ3v) is 5.56. The van der Waals surface area contributed by atoms with Crippen molar-refractivity contribution in [3.63, 3.8) is 0 Å². The molecular formula is C17H21N3O3S2. The molecule has 8 heteroatoms. The number of aromatic nitrogens is 1. The lowest BCUT2D eigenvalue weighted by molar-refractivity contribution is -0.120. The second kappa shape index (κ2) is 7.53. The van der Waals surface area contributed by atoms with E-state index in [1.54, 1.807) is 24.3 Å². The maximum Gasteiger partial charge on any atom is 0.229 e. The van der Waals surface area contributed by atoms with Gasteiger partial charge in [0.2, 0.25) is 15.9 Å². The zero-order valence-electron chi connectivity index (χ0n) is 14.0. The maximum atomic E-state index is 12.3. The van der Waals surface area contributed by atoms with E-state index in [0.29, 0.717) is 10.8 Å². The molecule has 0 saturated heterocycles. The summed E-state index contributed by atoms with van der Waals surface area (Å²) in [7, 11) is -3.29. The number of carbonyl (C=O) groups is 1. The highest BCUT2D eigenvalue weighted by atomic mass is 32.2. The first kappa shape index (κ1) is 17.9. The minimum absolute atomic E-state index is 0.0632. The number of nitrogens with one attached hydrogen (secondary N) is 2. The molecule has 1 aromatic carbocycles. The summed E-state index contributed by atoms with van der Waals surface area (Å²) in [6.45, 7) is 0. The Balaban J connectivity index is 1.65. The van der Waals surface area contributed by atoms with Gasteiger partial charge >= 0.3 is 0 Å². The molecule has 1 heterocycles. The molecule has 1 aliphatic rings. The smallest absolute Gasteiger partial charge is 0.229 e. The van der Waals surface area contributed by atoms with Gasteiger partial charge in [0.25, 0.3) is 0 Å². The first-order valence-corrected chi connectivity index (χ1v) is 11.0. The van der Waals surface area contributed by atoms with Crippen LogP contribution in [0, 0.1) is 5.92 Å². The van der Waals surface area contributed by atoms with Crippen LogP contribution in [0.2, 0.25) is 0 Å². The Labute approximate surface area is 151 Å². The lowest BCUT2D eigenvalue weighted by Crippen LogP contribution is -2.24. The molecule has 1 fully saturated rings. The highest BCUT2D eigenvalue weighted by Crippen LogP contribution is 2.28. The van der Waals surface area contributed by atoms with E-state index in [0.717, 1.165) is 43.2 Å². The van der Waals surface area contributed by atoms with Crippen LogP contribution >= 0.6 is 11.3 Å². The molecule has 2 aromatic rings. The van der Waals surface area contributed by atoms with E-state index in [9.17, 15) is 13.2 Å². The fourth-order valence-electron chi connectivity index (χ4n) is 2.96. The van der Waals surface area contributed by atoms with Gasteiger partial charge in [0.1, 0.15) is 0 Å². The number of nitrogens with zero attached hydrogens (tertiary/aromatic N) is 1. The molecule has 1 aromatic heterocycles. The summed E-state index contributed by atoms with van der Waals surface area (Å²) in [6.07, 6.45) is 6.49. The van der Waals surface area contributed by atoms with Crippen LogP contribution in [-0.4, -0.2) is 25.6 Å². The molecule has 134 valence electrons. The lowest BCUT2D eigenvalue weighted by Gasteiger charge is -2.19. The average molecular weight is 380 g/mol. The quantitative estimate of drug-likeness (QED) is 0.829. The van der Waals surface area contributed by atoms with E-state index in [4.69, 9.17) is 0 Å². The van der Waals surface area contributed by atoms with Gasteiger partial charge in [0, 0.05) is 22.5 Å². The Morgan fingerprint density at radius 2 is 1.84 bits per heavy atom. The normalized spacial score (nSPS) is 15.7. The number of benzene rings is 1. The lowest BCUT2D eigenvalue weighted by atomic mass is 9.89. The minimum atomic E-state index is -3.29. The van der Waals surface area contributed by atoms with Crippen molar-refractivity contribution in [3.05, 3.63) is 29.6 Å². The van der Waals surface area contributed by atoms with Crippen LogP contribution in [0.15, 0.2) is 29.6 Å². The molecule has 1 amide bonds. The van der Waals surface area contributed by atoms with Gasteiger partial charge < -0.3 is 5.32 Å². The molecule has 2 N–H and O–H groups in total.